The first-order chi connectivity index (χ1) is 8.97. The Labute approximate surface area is 131 Å². The molecule has 1 aliphatic rings. The Kier molecular flexibility index (Phi) is 5.34. The Morgan fingerprint density at radius 3 is 2.53 bits per heavy atom. The number of hydrogen-bond acceptors (Lipinski definition) is 3. The van der Waals surface area contributed by atoms with Crippen LogP contribution in [0.1, 0.15) is 32.1 Å². The van der Waals surface area contributed by atoms with Gasteiger partial charge in [-0.1, -0.05) is 46.8 Å². The minimum absolute atomic E-state index is 0.0619. The summed E-state index contributed by atoms with van der Waals surface area (Å²) in [6.07, 6.45) is 5.76. The minimum atomic E-state index is -3.42. The highest BCUT2D eigenvalue weighted by Crippen LogP contribution is 2.37. The molecule has 0 saturated heterocycles. The Balaban J connectivity index is 2.04. The van der Waals surface area contributed by atoms with Crippen LogP contribution in [-0.4, -0.2) is 20.3 Å². The molecule has 0 radical (unpaired) electrons. The number of sulfonamides is 1. The molecule has 2 rings (SSSR count). The SMILES string of the molecule is O=S(=O)(NCC1(CBr)CCCCC1)c1ccc(Cl)s1. The maximum absolute atomic E-state index is 12.2. The molecule has 0 spiro atoms. The van der Waals surface area contributed by atoms with E-state index in [2.05, 4.69) is 20.7 Å². The molecule has 108 valence electrons. The van der Waals surface area contributed by atoms with Crippen LogP contribution in [0, 0.1) is 5.41 Å². The summed E-state index contributed by atoms with van der Waals surface area (Å²) in [6.45, 7) is 0.496. The molecule has 1 aliphatic carbocycles. The van der Waals surface area contributed by atoms with E-state index in [-0.39, 0.29) is 9.62 Å². The summed E-state index contributed by atoms with van der Waals surface area (Å²) >= 11 is 10.4. The molecular formula is C12H17BrClNO2S2. The fourth-order valence-corrected chi connectivity index (χ4v) is 5.86. The summed E-state index contributed by atoms with van der Waals surface area (Å²) in [4.78, 5) is 0. The van der Waals surface area contributed by atoms with Gasteiger partial charge in [-0.05, 0) is 30.4 Å². The fourth-order valence-electron chi connectivity index (χ4n) is 2.42. The third-order valence-electron chi connectivity index (χ3n) is 3.65. The van der Waals surface area contributed by atoms with Crippen molar-refractivity contribution in [3.63, 3.8) is 0 Å². The molecule has 1 aromatic heterocycles. The van der Waals surface area contributed by atoms with Crippen LogP contribution in [0.5, 0.6) is 0 Å². The van der Waals surface area contributed by atoms with Crippen LogP contribution in [0.3, 0.4) is 0 Å². The Morgan fingerprint density at radius 2 is 2.00 bits per heavy atom. The predicted molar refractivity (Wildman–Crippen MR) is 83.8 cm³/mol. The molecule has 1 heterocycles. The average Bonchev–Trinajstić information content (AvgIpc) is 2.85. The van der Waals surface area contributed by atoms with Crippen molar-refractivity contribution >= 4 is 48.9 Å². The summed E-state index contributed by atoms with van der Waals surface area (Å²) in [5.41, 5.74) is 0.0619. The monoisotopic (exact) mass is 385 g/mol. The predicted octanol–water partition coefficient (Wildman–Crippen LogP) is 4.03. The zero-order valence-electron chi connectivity index (χ0n) is 10.5. The first-order valence-electron chi connectivity index (χ1n) is 6.28. The molecule has 0 atom stereocenters. The van der Waals surface area contributed by atoms with Crippen molar-refractivity contribution in [3.8, 4) is 0 Å². The largest absolute Gasteiger partial charge is 0.250 e. The van der Waals surface area contributed by atoms with Crippen molar-refractivity contribution in [2.75, 3.05) is 11.9 Å². The van der Waals surface area contributed by atoms with Crippen molar-refractivity contribution < 1.29 is 8.42 Å². The molecule has 0 amide bonds. The zero-order chi connectivity index (χ0) is 13.9. The lowest BCUT2D eigenvalue weighted by molar-refractivity contribution is 0.227. The van der Waals surface area contributed by atoms with Gasteiger partial charge in [-0.25, -0.2) is 13.1 Å². The standard InChI is InChI=1S/C12H17BrClNO2S2/c13-8-12(6-2-1-3-7-12)9-15-19(16,17)11-5-4-10(14)18-11/h4-5,15H,1-3,6-9H2. The number of halogens is 2. The lowest BCUT2D eigenvalue weighted by atomic mass is 9.76. The van der Waals surface area contributed by atoms with E-state index in [9.17, 15) is 8.42 Å². The first kappa shape index (κ1) is 15.8. The summed E-state index contributed by atoms with van der Waals surface area (Å²) in [6, 6.07) is 3.17. The first-order valence-corrected chi connectivity index (χ1v) is 10.1. The van der Waals surface area contributed by atoms with E-state index in [0.29, 0.717) is 10.9 Å². The van der Waals surface area contributed by atoms with Crippen molar-refractivity contribution in [2.45, 2.75) is 36.3 Å². The Morgan fingerprint density at radius 1 is 1.32 bits per heavy atom. The molecule has 3 nitrogen and oxygen atoms in total. The lowest BCUT2D eigenvalue weighted by Crippen LogP contribution is -2.39. The number of hydrogen-bond donors (Lipinski definition) is 1. The quantitative estimate of drug-likeness (QED) is 0.777. The van der Waals surface area contributed by atoms with Gasteiger partial charge in [0.15, 0.2) is 0 Å². The Hall–Kier alpha value is 0.380. The molecule has 1 aromatic rings. The molecule has 19 heavy (non-hydrogen) atoms. The van der Waals surface area contributed by atoms with E-state index in [1.165, 1.54) is 19.3 Å². The Bertz CT molecular complexity index is 524. The van der Waals surface area contributed by atoms with Gasteiger partial charge in [0, 0.05) is 11.9 Å². The van der Waals surface area contributed by atoms with Crippen LogP contribution in [-0.2, 0) is 10.0 Å². The highest BCUT2D eigenvalue weighted by molar-refractivity contribution is 9.09. The third-order valence-corrected chi connectivity index (χ3v) is 7.96. The van der Waals surface area contributed by atoms with E-state index >= 15 is 0 Å². The second-order valence-corrected chi connectivity index (χ2v) is 9.35. The second kappa shape index (κ2) is 6.43. The molecule has 1 saturated carbocycles. The maximum atomic E-state index is 12.2. The second-order valence-electron chi connectivity index (χ2n) is 5.08. The van der Waals surface area contributed by atoms with Gasteiger partial charge < -0.3 is 0 Å². The van der Waals surface area contributed by atoms with Gasteiger partial charge in [-0.15, -0.1) is 11.3 Å². The average molecular weight is 387 g/mol. The maximum Gasteiger partial charge on any atom is 0.250 e. The van der Waals surface area contributed by atoms with Crippen LogP contribution in [0.2, 0.25) is 4.34 Å². The van der Waals surface area contributed by atoms with Gasteiger partial charge in [-0.2, -0.15) is 0 Å². The fraction of sp³-hybridized carbons (Fsp3) is 0.667. The van der Waals surface area contributed by atoms with Gasteiger partial charge in [0.05, 0.1) is 4.34 Å². The molecule has 0 aliphatic heterocycles. The van der Waals surface area contributed by atoms with E-state index in [0.717, 1.165) is 29.5 Å². The number of alkyl halides is 1. The smallest absolute Gasteiger partial charge is 0.210 e. The third kappa shape index (κ3) is 3.94. The van der Waals surface area contributed by atoms with E-state index in [1.807, 2.05) is 0 Å². The zero-order valence-corrected chi connectivity index (χ0v) is 14.5. The van der Waals surface area contributed by atoms with Crippen molar-refractivity contribution in [1.29, 1.82) is 0 Å². The summed E-state index contributed by atoms with van der Waals surface area (Å²) in [7, 11) is -3.42. The summed E-state index contributed by atoms with van der Waals surface area (Å²) in [5.74, 6) is 0. The van der Waals surface area contributed by atoms with Gasteiger partial charge in [-0.3, -0.25) is 0 Å². The lowest BCUT2D eigenvalue weighted by Gasteiger charge is -2.35. The summed E-state index contributed by atoms with van der Waals surface area (Å²) < 4.78 is 27.9. The highest BCUT2D eigenvalue weighted by atomic mass is 79.9. The molecule has 1 N–H and O–H groups in total. The molecule has 0 bridgehead atoms. The van der Waals surface area contributed by atoms with Crippen LogP contribution in [0.25, 0.3) is 0 Å². The number of nitrogens with one attached hydrogen (secondary N) is 1. The van der Waals surface area contributed by atoms with Crippen molar-refractivity contribution in [3.05, 3.63) is 16.5 Å². The van der Waals surface area contributed by atoms with Gasteiger partial charge in [0.25, 0.3) is 0 Å². The molecule has 0 unspecified atom stereocenters. The molecule has 0 aromatic carbocycles. The number of rotatable bonds is 5. The van der Waals surface area contributed by atoms with Crippen molar-refractivity contribution in [2.24, 2.45) is 5.41 Å². The summed E-state index contributed by atoms with van der Waals surface area (Å²) in [5, 5.41) is 0.841. The molecule has 1 fully saturated rings. The van der Waals surface area contributed by atoms with E-state index in [4.69, 9.17) is 11.6 Å². The van der Waals surface area contributed by atoms with E-state index in [1.54, 1.807) is 12.1 Å². The number of thiophene rings is 1. The van der Waals surface area contributed by atoms with Crippen molar-refractivity contribution in [1.82, 2.24) is 4.72 Å². The minimum Gasteiger partial charge on any atom is -0.210 e. The van der Waals surface area contributed by atoms with Crippen LogP contribution < -0.4 is 4.72 Å². The van der Waals surface area contributed by atoms with Crippen LogP contribution in [0.4, 0.5) is 0 Å². The highest BCUT2D eigenvalue weighted by Gasteiger charge is 2.32. The van der Waals surface area contributed by atoms with Gasteiger partial charge >= 0.3 is 0 Å². The molecular weight excluding hydrogens is 370 g/mol. The normalized spacial score (nSPS) is 19.5. The van der Waals surface area contributed by atoms with Crippen LogP contribution >= 0.6 is 38.9 Å². The van der Waals surface area contributed by atoms with E-state index < -0.39 is 10.0 Å². The van der Waals surface area contributed by atoms with Gasteiger partial charge in [0.2, 0.25) is 10.0 Å². The topological polar surface area (TPSA) is 46.2 Å². The van der Waals surface area contributed by atoms with Crippen LogP contribution in [0.15, 0.2) is 16.3 Å². The van der Waals surface area contributed by atoms with Gasteiger partial charge in [0.1, 0.15) is 4.21 Å². The molecule has 7 heteroatoms.